The number of rotatable bonds is 8. The fraction of sp³-hybridized carbons (Fsp3) is 0.478. The highest BCUT2D eigenvalue weighted by molar-refractivity contribution is 7.89. The molecule has 1 atom stereocenters. The van der Waals surface area contributed by atoms with Crippen molar-refractivity contribution in [2.45, 2.75) is 43.5 Å². The van der Waals surface area contributed by atoms with Gasteiger partial charge in [-0.2, -0.15) is 0 Å². The lowest BCUT2D eigenvalue weighted by Gasteiger charge is -2.35. The average molecular weight is 449 g/mol. The maximum Gasteiger partial charge on any atom is 0.240 e. The lowest BCUT2D eigenvalue weighted by molar-refractivity contribution is 0.184. The second-order valence-corrected chi connectivity index (χ2v) is 9.90. The molecule has 0 amide bonds. The van der Waals surface area contributed by atoms with Crippen LogP contribution in [-0.2, 0) is 22.9 Å². The SMILES string of the molecule is COc1cc2c3c(c1OC)CCC3N(CCCNS(=O)(=O)c1cc(F)ccc1C)CC2. The number of halogens is 1. The van der Waals surface area contributed by atoms with E-state index in [1.54, 1.807) is 21.1 Å². The second kappa shape index (κ2) is 8.76. The molecule has 0 radical (unpaired) electrons. The lowest BCUT2D eigenvalue weighted by Crippen LogP contribution is -2.36. The fourth-order valence-corrected chi connectivity index (χ4v) is 6.25. The molecule has 8 heteroatoms. The predicted molar refractivity (Wildman–Crippen MR) is 117 cm³/mol. The van der Waals surface area contributed by atoms with Gasteiger partial charge in [0.1, 0.15) is 5.82 Å². The summed E-state index contributed by atoms with van der Waals surface area (Å²) in [6, 6.07) is 6.25. The molecule has 0 bridgehead atoms. The molecular formula is C23H29FN2O4S. The van der Waals surface area contributed by atoms with Crippen molar-refractivity contribution in [1.29, 1.82) is 0 Å². The lowest BCUT2D eigenvalue weighted by atomic mass is 9.92. The van der Waals surface area contributed by atoms with Crippen LogP contribution in [0.25, 0.3) is 0 Å². The molecule has 0 spiro atoms. The van der Waals surface area contributed by atoms with Crippen molar-refractivity contribution in [2.75, 3.05) is 33.9 Å². The number of hydrogen-bond acceptors (Lipinski definition) is 5. The van der Waals surface area contributed by atoms with Crippen molar-refractivity contribution < 1.29 is 22.3 Å². The van der Waals surface area contributed by atoms with E-state index in [9.17, 15) is 12.8 Å². The minimum absolute atomic E-state index is 0.000812. The molecular weight excluding hydrogens is 419 g/mol. The van der Waals surface area contributed by atoms with Crippen LogP contribution >= 0.6 is 0 Å². The maximum atomic E-state index is 13.5. The van der Waals surface area contributed by atoms with Crippen molar-refractivity contribution in [2.24, 2.45) is 0 Å². The summed E-state index contributed by atoms with van der Waals surface area (Å²) in [6.45, 7) is 3.71. The van der Waals surface area contributed by atoms with Crippen LogP contribution in [0.3, 0.4) is 0 Å². The number of hydrogen-bond donors (Lipinski definition) is 1. The Morgan fingerprint density at radius 3 is 2.74 bits per heavy atom. The Balaban J connectivity index is 1.41. The van der Waals surface area contributed by atoms with E-state index in [1.165, 1.54) is 28.8 Å². The summed E-state index contributed by atoms with van der Waals surface area (Å²) in [4.78, 5) is 2.44. The number of nitrogens with zero attached hydrogens (tertiary/aromatic N) is 1. The maximum absolute atomic E-state index is 13.5. The molecule has 168 valence electrons. The van der Waals surface area contributed by atoms with E-state index in [-0.39, 0.29) is 4.90 Å². The quantitative estimate of drug-likeness (QED) is 0.628. The van der Waals surface area contributed by atoms with Gasteiger partial charge in [-0.3, -0.25) is 4.90 Å². The van der Waals surface area contributed by atoms with Gasteiger partial charge in [-0.15, -0.1) is 0 Å². The van der Waals surface area contributed by atoms with Crippen LogP contribution in [0, 0.1) is 12.7 Å². The zero-order chi connectivity index (χ0) is 22.2. The molecule has 1 heterocycles. The van der Waals surface area contributed by atoms with Gasteiger partial charge in [0.05, 0.1) is 19.1 Å². The standard InChI is InChI=1S/C23H29FN2O4S/c1-15-5-6-17(24)14-21(15)31(27,28)25-10-4-11-26-12-9-16-13-20(29-2)23(30-3)18-7-8-19(26)22(16)18/h5-6,13-14,19,25H,4,7-12H2,1-3H3. The van der Waals surface area contributed by atoms with Gasteiger partial charge in [0.15, 0.2) is 11.5 Å². The Morgan fingerprint density at radius 2 is 2.00 bits per heavy atom. The minimum atomic E-state index is -3.73. The van der Waals surface area contributed by atoms with Crippen molar-refractivity contribution in [3.8, 4) is 11.5 Å². The summed E-state index contributed by atoms with van der Waals surface area (Å²) in [5.74, 6) is 1.08. The molecule has 31 heavy (non-hydrogen) atoms. The monoisotopic (exact) mass is 448 g/mol. The molecule has 0 saturated heterocycles. The largest absolute Gasteiger partial charge is 0.493 e. The van der Waals surface area contributed by atoms with Crippen LogP contribution in [0.4, 0.5) is 4.39 Å². The van der Waals surface area contributed by atoms with Gasteiger partial charge in [0.25, 0.3) is 0 Å². The number of ether oxygens (including phenoxy) is 2. The zero-order valence-electron chi connectivity index (χ0n) is 18.2. The van der Waals surface area contributed by atoms with E-state index < -0.39 is 15.8 Å². The normalized spacial score (nSPS) is 18.1. The molecule has 0 saturated carbocycles. The molecule has 1 unspecified atom stereocenters. The Bertz CT molecular complexity index is 1090. The van der Waals surface area contributed by atoms with Crippen LogP contribution in [0.2, 0.25) is 0 Å². The van der Waals surface area contributed by atoms with E-state index in [1.807, 2.05) is 0 Å². The first-order valence-electron chi connectivity index (χ1n) is 10.6. The summed E-state index contributed by atoms with van der Waals surface area (Å²) in [7, 11) is -0.376. The number of aryl methyl sites for hydroxylation is 1. The van der Waals surface area contributed by atoms with Crippen LogP contribution in [-0.4, -0.2) is 47.2 Å². The molecule has 6 nitrogen and oxygen atoms in total. The van der Waals surface area contributed by atoms with Gasteiger partial charge in [0.2, 0.25) is 10.0 Å². The molecule has 1 aliphatic heterocycles. The highest BCUT2D eigenvalue weighted by Gasteiger charge is 2.36. The molecule has 1 N–H and O–H groups in total. The van der Waals surface area contributed by atoms with Gasteiger partial charge in [0, 0.05) is 31.2 Å². The molecule has 0 aromatic heterocycles. The van der Waals surface area contributed by atoms with E-state index in [2.05, 4.69) is 15.7 Å². The third-order valence-corrected chi connectivity index (χ3v) is 7.97. The van der Waals surface area contributed by atoms with Gasteiger partial charge >= 0.3 is 0 Å². The van der Waals surface area contributed by atoms with Crippen molar-refractivity contribution in [1.82, 2.24) is 9.62 Å². The number of sulfonamides is 1. The Morgan fingerprint density at radius 1 is 1.19 bits per heavy atom. The predicted octanol–water partition coefficient (Wildman–Crippen LogP) is 3.37. The summed E-state index contributed by atoms with van der Waals surface area (Å²) in [5, 5.41) is 0. The van der Waals surface area contributed by atoms with E-state index in [0.29, 0.717) is 24.6 Å². The van der Waals surface area contributed by atoms with Gasteiger partial charge < -0.3 is 9.47 Å². The summed E-state index contributed by atoms with van der Waals surface area (Å²) in [5.41, 5.74) is 4.46. The summed E-state index contributed by atoms with van der Waals surface area (Å²) >= 11 is 0. The van der Waals surface area contributed by atoms with Crippen molar-refractivity contribution in [3.05, 3.63) is 52.3 Å². The number of nitrogens with one attached hydrogen (secondary N) is 1. The Hall–Kier alpha value is -2.16. The van der Waals surface area contributed by atoms with Crippen molar-refractivity contribution in [3.63, 3.8) is 0 Å². The molecule has 1 aliphatic carbocycles. The topological polar surface area (TPSA) is 67.9 Å². The third-order valence-electron chi connectivity index (χ3n) is 6.36. The van der Waals surface area contributed by atoms with Crippen LogP contribution in [0.15, 0.2) is 29.2 Å². The van der Waals surface area contributed by atoms with Gasteiger partial charge in [-0.05, 0) is 67.5 Å². The van der Waals surface area contributed by atoms with E-state index in [0.717, 1.165) is 49.9 Å². The first-order chi connectivity index (χ1) is 14.9. The smallest absolute Gasteiger partial charge is 0.240 e. The van der Waals surface area contributed by atoms with Gasteiger partial charge in [-0.1, -0.05) is 6.07 Å². The summed E-state index contributed by atoms with van der Waals surface area (Å²) in [6.07, 6.45) is 3.60. The van der Waals surface area contributed by atoms with Crippen LogP contribution < -0.4 is 14.2 Å². The highest BCUT2D eigenvalue weighted by Crippen LogP contribution is 2.48. The zero-order valence-corrected chi connectivity index (χ0v) is 19.0. The first-order valence-corrected chi connectivity index (χ1v) is 12.1. The molecule has 4 rings (SSSR count). The average Bonchev–Trinajstić information content (AvgIpc) is 3.20. The third kappa shape index (κ3) is 4.16. The van der Waals surface area contributed by atoms with Crippen LogP contribution in [0.5, 0.6) is 11.5 Å². The highest BCUT2D eigenvalue weighted by atomic mass is 32.2. The van der Waals surface area contributed by atoms with Crippen LogP contribution in [0.1, 0.15) is 41.1 Å². The van der Waals surface area contributed by atoms with E-state index >= 15 is 0 Å². The molecule has 2 aromatic carbocycles. The number of benzene rings is 2. The molecule has 0 fully saturated rings. The first kappa shape index (κ1) is 22.0. The minimum Gasteiger partial charge on any atom is -0.493 e. The fourth-order valence-electron chi connectivity index (χ4n) is 4.92. The molecule has 2 aromatic rings. The second-order valence-electron chi connectivity index (χ2n) is 8.17. The number of methoxy groups -OCH3 is 2. The van der Waals surface area contributed by atoms with E-state index in [4.69, 9.17) is 9.47 Å². The molecule has 2 aliphatic rings. The van der Waals surface area contributed by atoms with Crippen molar-refractivity contribution >= 4 is 10.0 Å². The van der Waals surface area contributed by atoms with Gasteiger partial charge in [-0.25, -0.2) is 17.5 Å². The Kier molecular flexibility index (Phi) is 6.23. The Labute approximate surface area is 183 Å². The summed E-state index contributed by atoms with van der Waals surface area (Å²) < 4.78 is 52.4.